The van der Waals surface area contributed by atoms with E-state index in [0.29, 0.717) is 6.42 Å². The minimum Gasteiger partial charge on any atom is -0.481 e. The molecule has 0 aromatic heterocycles. The highest BCUT2D eigenvalue weighted by molar-refractivity contribution is 5.98. The minimum absolute atomic E-state index is 0.0189. The molecular weight excluding hydrogens is 276 g/mol. The van der Waals surface area contributed by atoms with Crippen molar-refractivity contribution in [3.63, 3.8) is 0 Å². The van der Waals surface area contributed by atoms with Crippen molar-refractivity contribution in [2.45, 2.75) is 26.7 Å². The van der Waals surface area contributed by atoms with E-state index >= 15 is 0 Å². The fourth-order valence-electron chi connectivity index (χ4n) is 1.83. The molecule has 1 rings (SSSR count). The largest absolute Gasteiger partial charge is 0.481 e. The highest BCUT2D eigenvalue weighted by Gasteiger charge is 2.20. The van der Waals surface area contributed by atoms with Crippen LogP contribution < -0.4 is 5.32 Å². The zero-order chi connectivity index (χ0) is 16.0. The van der Waals surface area contributed by atoms with Crippen molar-refractivity contribution < 1.29 is 19.6 Å². The number of hydrogen-bond acceptors (Lipinski definition) is 4. The second-order valence-corrected chi connectivity index (χ2v) is 5.03. The van der Waals surface area contributed by atoms with Gasteiger partial charge >= 0.3 is 5.97 Å². The summed E-state index contributed by atoms with van der Waals surface area (Å²) in [6.45, 7) is 3.83. The van der Waals surface area contributed by atoms with Gasteiger partial charge in [-0.25, -0.2) is 0 Å². The summed E-state index contributed by atoms with van der Waals surface area (Å²) in [6, 6.07) is 4.35. The Morgan fingerprint density at radius 2 is 2.10 bits per heavy atom. The highest BCUT2D eigenvalue weighted by Crippen LogP contribution is 2.19. The zero-order valence-corrected chi connectivity index (χ0v) is 12.0. The summed E-state index contributed by atoms with van der Waals surface area (Å²) in [4.78, 5) is 32.8. The second-order valence-electron chi connectivity index (χ2n) is 5.03. The van der Waals surface area contributed by atoms with Crippen LogP contribution in [0.3, 0.4) is 0 Å². The Morgan fingerprint density at radius 3 is 2.67 bits per heavy atom. The Balaban J connectivity index is 2.69. The monoisotopic (exact) mass is 294 g/mol. The lowest BCUT2D eigenvalue weighted by atomic mass is 10.0. The lowest BCUT2D eigenvalue weighted by molar-refractivity contribution is -0.385. The molecule has 21 heavy (non-hydrogen) atoms. The van der Waals surface area contributed by atoms with Gasteiger partial charge in [-0.05, 0) is 30.9 Å². The highest BCUT2D eigenvalue weighted by atomic mass is 16.6. The number of rotatable bonds is 7. The summed E-state index contributed by atoms with van der Waals surface area (Å²) in [5, 5.41) is 22.1. The molecule has 0 aliphatic carbocycles. The number of carboxylic acids is 1. The maximum atomic E-state index is 12.0. The molecule has 1 aromatic rings. The van der Waals surface area contributed by atoms with Crippen molar-refractivity contribution in [3.05, 3.63) is 39.4 Å². The number of carbonyl (C=O) groups is 2. The van der Waals surface area contributed by atoms with Gasteiger partial charge in [0.15, 0.2) is 0 Å². The molecule has 0 aliphatic heterocycles. The SMILES string of the molecule is Cc1ccc([N+](=O)[O-])c(C(=O)NCC(C)CCC(=O)O)c1. The van der Waals surface area contributed by atoms with Gasteiger partial charge in [0.25, 0.3) is 11.6 Å². The van der Waals surface area contributed by atoms with Crippen LogP contribution in [0.5, 0.6) is 0 Å². The number of benzene rings is 1. The lowest BCUT2D eigenvalue weighted by Crippen LogP contribution is -2.29. The summed E-state index contributed by atoms with van der Waals surface area (Å²) in [7, 11) is 0. The molecule has 0 heterocycles. The van der Waals surface area contributed by atoms with E-state index in [4.69, 9.17) is 5.11 Å². The smallest absolute Gasteiger partial charge is 0.303 e. The minimum atomic E-state index is -0.887. The standard InChI is InChI=1S/C14H18N2O5/c1-9-3-5-12(16(20)21)11(7-9)14(19)15-8-10(2)4-6-13(17)18/h3,5,7,10H,4,6,8H2,1-2H3,(H,15,19)(H,17,18). The van der Waals surface area contributed by atoms with Crippen LogP contribution in [-0.4, -0.2) is 28.5 Å². The van der Waals surface area contributed by atoms with Crippen LogP contribution in [0.2, 0.25) is 0 Å². The van der Waals surface area contributed by atoms with E-state index in [2.05, 4.69) is 5.32 Å². The van der Waals surface area contributed by atoms with E-state index in [1.807, 2.05) is 6.92 Å². The molecule has 0 aliphatic rings. The van der Waals surface area contributed by atoms with Crippen molar-refractivity contribution in [2.24, 2.45) is 5.92 Å². The summed E-state index contributed by atoms with van der Waals surface area (Å²) in [5.74, 6) is -1.43. The van der Waals surface area contributed by atoms with Gasteiger partial charge in [0.1, 0.15) is 5.56 Å². The molecule has 1 aromatic carbocycles. The first-order valence-corrected chi connectivity index (χ1v) is 6.56. The van der Waals surface area contributed by atoms with Crippen LogP contribution in [-0.2, 0) is 4.79 Å². The molecule has 1 atom stereocenters. The van der Waals surface area contributed by atoms with Gasteiger partial charge in [-0.15, -0.1) is 0 Å². The van der Waals surface area contributed by atoms with E-state index in [9.17, 15) is 19.7 Å². The third kappa shape index (κ3) is 5.21. The number of aryl methyl sites for hydroxylation is 1. The van der Waals surface area contributed by atoms with Gasteiger partial charge in [0, 0.05) is 19.0 Å². The van der Waals surface area contributed by atoms with Gasteiger partial charge in [-0.2, -0.15) is 0 Å². The summed E-state index contributed by atoms with van der Waals surface area (Å²) in [5.41, 5.74) is 0.534. The first-order valence-electron chi connectivity index (χ1n) is 6.56. The molecule has 114 valence electrons. The number of amides is 1. The Hall–Kier alpha value is -2.44. The van der Waals surface area contributed by atoms with Crippen LogP contribution in [0, 0.1) is 23.0 Å². The fraction of sp³-hybridized carbons (Fsp3) is 0.429. The quantitative estimate of drug-likeness (QED) is 0.591. The Kier molecular flexibility index (Phi) is 5.83. The number of hydrogen-bond donors (Lipinski definition) is 2. The molecule has 0 saturated carbocycles. The molecule has 7 nitrogen and oxygen atoms in total. The third-order valence-corrected chi connectivity index (χ3v) is 3.06. The van der Waals surface area contributed by atoms with E-state index in [1.54, 1.807) is 13.0 Å². The zero-order valence-electron chi connectivity index (χ0n) is 12.0. The first kappa shape index (κ1) is 16.6. The predicted octanol–water partition coefficient (Wildman–Crippen LogP) is 2.13. The van der Waals surface area contributed by atoms with Crippen LogP contribution in [0.25, 0.3) is 0 Å². The molecule has 0 spiro atoms. The van der Waals surface area contributed by atoms with Crippen LogP contribution in [0.1, 0.15) is 35.7 Å². The molecule has 1 unspecified atom stereocenters. The number of nitro groups is 1. The van der Waals surface area contributed by atoms with Crippen molar-refractivity contribution >= 4 is 17.6 Å². The van der Waals surface area contributed by atoms with Crippen LogP contribution >= 0.6 is 0 Å². The van der Waals surface area contributed by atoms with E-state index in [-0.39, 0.29) is 30.1 Å². The van der Waals surface area contributed by atoms with Crippen LogP contribution in [0.15, 0.2) is 18.2 Å². The van der Waals surface area contributed by atoms with E-state index in [1.165, 1.54) is 12.1 Å². The molecule has 0 bridgehead atoms. The van der Waals surface area contributed by atoms with Gasteiger partial charge in [-0.3, -0.25) is 19.7 Å². The summed E-state index contributed by atoms with van der Waals surface area (Å²) in [6.07, 6.45) is 0.465. The van der Waals surface area contributed by atoms with Crippen LogP contribution in [0.4, 0.5) is 5.69 Å². The first-order chi connectivity index (χ1) is 9.81. The average Bonchev–Trinajstić information content (AvgIpc) is 2.41. The Labute approximate surface area is 122 Å². The fourth-order valence-corrected chi connectivity index (χ4v) is 1.83. The predicted molar refractivity (Wildman–Crippen MR) is 76.2 cm³/mol. The normalized spacial score (nSPS) is 11.7. The number of carbonyl (C=O) groups excluding carboxylic acids is 1. The molecule has 1 amide bonds. The molecule has 0 radical (unpaired) electrons. The summed E-state index contributed by atoms with van der Waals surface area (Å²) < 4.78 is 0. The maximum Gasteiger partial charge on any atom is 0.303 e. The van der Waals surface area contributed by atoms with Crippen molar-refractivity contribution in [1.82, 2.24) is 5.32 Å². The third-order valence-electron chi connectivity index (χ3n) is 3.06. The van der Waals surface area contributed by atoms with E-state index in [0.717, 1.165) is 5.56 Å². The number of aliphatic carboxylic acids is 1. The van der Waals surface area contributed by atoms with Crippen molar-refractivity contribution in [2.75, 3.05) is 6.54 Å². The second kappa shape index (κ2) is 7.37. The number of nitrogens with zero attached hydrogens (tertiary/aromatic N) is 1. The number of nitrogens with one attached hydrogen (secondary N) is 1. The number of carboxylic acid groups (broad SMARTS) is 1. The van der Waals surface area contributed by atoms with Gasteiger partial charge in [-0.1, -0.05) is 13.0 Å². The Morgan fingerprint density at radius 1 is 1.43 bits per heavy atom. The van der Waals surface area contributed by atoms with Crippen molar-refractivity contribution in [3.8, 4) is 0 Å². The summed E-state index contributed by atoms with van der Waals surface area (Å²) >= 11 is 0. The molecular formula is C14H18N2O5. The maximum absolute atomic E-state index is 12.0. The molecule has 7 heteroatoms. The molecule has 0 saturated heterocycles. The topological polar surface area (TPSA) is 110 Å². The molecule has 2 N–H and O–H groups in total. The van der Waals surface area contributed by atoms with Gasteiger partial charge < -0.3 is 10.4 Å². The molecule has 0 fully saturated rings. The lowest BCUT2D eigenvalue weighted by Gasteiger charge is -2.11. The van der Waals surface area contributed by atoms with Gasteiger partial charge in [0.05, 0.1) is 4.92 Å². The van der Waals surface area contributed by atoms with Gasteiger partial charge in [0.2, 0.25) is 0 Å². The van der Waals surface area contributed by atoms with E-state index < -0.39 is 16.8 Å². The van der Waals surface area contributed by atoms with Crippen molar-refractivity contribution in [1.29, 1.82) is 0 Å². The average molecular weight is 294 g/mol. The number of nitro benzene ring substituents is 1. The Bertz CT molecular complexity index is 556.